The molecule has 4 nitrogen and oxygen atoms in total. The van der Waals surface area contributed by atoms with Crippen LogP contribution in [0.25, 0.3) is 0 Å². The van der Waals surface area contributed by atoms with E-state index in [4.69, 9.17) is 0 Å². The topological polar surface area (TPSA) is 55.2 Å². The van der Waals surface area contributed by atoms with Crippen LogP contribution in [0.1, 0.15) is 11.1 Å². The predicted molar refractivity (Wildman–Crippen MR) is 89.1 cm³/mol. The van der Waals surface area contributed by atoms with E-state index in [0.29, 0.717) is 18.7 Å². The number of halogens is 2. The van der Waals surface area contributed by atoms with Gasteiger partial charge < -0.3 is 5.32 Å². The lowest BCUT2D eigenvalue weighted by Crippen LogP contribution is -2.08. The molecule has 0 radical (unpaired) electrons. The van der Waals surface area contributed by atoms with Gasteiger partial charge in [-0.1, -0.05) is 6.07 Å². The highest BCUT2D eigenvalue weighted by Crippen LogP contribution is 2.26. The van der Waals surface area contributed by atoms with Gasteiger partial charge in [0.1, 0.15) is 11.5 Å². The molecule has 2 rings (SSSR count). The van der Waals surface area contributed by atoms with Crippen LogP contribution in [0.4, 0.5) is 15.8 Å². The zero-order valence-electron chi connectivity index (χ0n) is 11.4. The summed E-state index contributed by atoms with van der Waals surface area (Å²) in [7, 11) is 0. The molecule has 0 unspecified atom stereocenters. The Morgan fingerprint density at radius 1 is 1.29 bits per heavy atom. The highest BCUT2D eigenvalue weighted by molar-refractivity contribution is 14.1. The Balaban J connectivity index is 2.05. The number of nitro groups is 1. The lowest BCUT2D eigenvalue weighted by Gasteiger charge is -2.09. The molecule has 110 valence electrons. The molecule has 0 aliphatic heterocycles. The van der Waals surface area contributed by atoms with Crippen LogP contribution in [0.2, 0.25) is 0 Å². The van der Waals surface area contributed by atoms with Crippen molar-refractivity contribution in [1.29, 1.82) is 0 Å². The molecule has 0 saturated carbocycles. The van der Waals surface area contributed by atoms with Gasteiger partial charge in [-0.15, -0.1) is 0 Å². The maximum atomic E-state index is 13.0. The molecule has 0 aliphatic carbocycles. The fraction of sp³-hybridized carbons (Fsp3) is 0.200. The summed E-state index contributed by atoms with van der Waals surface area (Å²) < 4.78 is 13.8. The second kappa shape index (κ2) is 6.84. The number of nitrogens with one attached hydrogen (secondary N) is 1. The molecule has 0 aliphatic rings. The van der Waals surface area contributed by atoms with Gasteiger partial charge in [0.2, 0.25) is 0 Å². The number of nitro benzene ring substituents is 1. The van der Waals surface area contributed by atoms with Gasteiger partial charge in [-0.2, -0.15) is 0 Å². The van der Waals surface area contributed by atoms with E-state index in [1.54, 1.807) is 12.1 Å². The maximum Gasteiger partial charge on any atom is 0.293 e. The van der Waals surface area contributed by atoms with Gasteiger partial charge in [-0.05, 0) is 71.3 Å². The number of nitrogens with zero attached hydrogens (tertiary/aromatic N) is 1. The molecule has 0 bridgehead atoms. The van der Waals surface area contributed by atoms with E-state index < -0.39 is 4.92 Å². The van der Waals surface area contributed by atoms with Crippen molar-refractivity contribution in [2.75, 3.05) is 11.9 Å². The normalized spacial score (nSPS) is 10.4. The molecule has 0 spiro atoms. The summed E-state index contributed by atoms with van der Waals surface area (Å²) in [5.74, 6) is -0.252. The van der Waals surface area contributed by atoms with Crippen molar-refractivity contribution in [3.8, 4) is 0 Å². The Morgan fingerprint density at radius 3 is 2.71 bits per heavy atom. The molecule has 0 atom stereocenters. The molecule has 0 heterocycles. The summed E-state index contributed by atoms with van der Waals surface area (Å²) in [6.07, 6.45) is 0.676. The van der Waals surface area contributed by atoms with Crippen LogP contribution in [0.5, 0.6) is 0 Å². The fourth-order valence-corrected chi connectivity index (χ4v) is 2.55. The van der Waals surface area contributed by atoms with Crippen LogP contribution < -0.4 is 5.32 Å². The number of hydrogen-bond donors (Lipinski definition) is 1. The van der Waals surface area contributed by atoms with Crippen LogP contribution in [0, 0.1) is 26.4 Å². The van der Waals surface area contributed by atoms with Crippen molar-refractivity contribution in [2.24, 2.45) is 0 Å². The van der Waals surface area contributed by atoms with E-state index in [1.165, 1.54) is 18.2 Å². The highest BCUT2D eigenvalue weighted by atomic mass is 127. The number of anilines is 1. The third-order valence-electron chi connectivity index (χ3n) is 3.17. The number of rotatable bonds is 5. The molecule has 0 fully saturated rings. The first-order valence-corrected chi connectivity index (χ1v) is 7.48. The average Bonchev–Trinajstić information content (AvgIpc) is 2.42. The van der Waals surface area contributed by atoms with E-state index in [-0.39, 0.29) is 11.5 Å². The van der Waals surface area contributed by atoms with E-state index in [1.807, 2.05) is 35.6 Å². The Hall–Kier alpha value is -1.70. The van der Waals surface area contributed by atoms with Crippen molar-refractivity contribution < 1.29 is 9.31 Å². The predicted octanol–water partition coefficient (Wildman–Crippen LogP) is 4.30. The second-order valence-corrected chi connectivity index (χ2v) is 5.91. The average molecular weight is 400 g/mol. The Labute approximate surface area is 135 Å². The Bertz CT molecular complexity index is 677. The molecule has 0 aromatic heterocycles. The van der Waals surface area contributed by atoms with Crippen molar-refractivity contribution in [3.63, 3.8) is 0 Å². The Kier molecular flexibility index (Phi) is 5.11. The standard InChI is InChI=1S/C15H14FIN2O2/c1-10-8-12(16)3-2-11(10)6-7-18-14-5-4-13(17)9-15(14)19(20)21/h2-5,8-9,18H,6-7H2,1H3. The molecule has 21 heavy (non-hydrogen) atoms. The summed E-state index contributed by atoms with van der Waals surface area (Å²) in [6.45, 7) is 2.40. The molecule has 2 aromatic rings. The zero-order chi connectivity index (χ0) is 15.4. The smallest absolute Gasteiger partial charge is 0.293 e. The molecule has 2 aromatic carbocycles. The van der Waals surface area contributed by atoms with Crippen LogP contribution in [-0.2, 0) is 6.42 Å². The van der Waals surface area contributed by atoms with Crippen LogP contribution in [0.15, 0.2) is 36.4 Å². The molecular weight excluding hydrogens is 386 g/mol. The minimum absolute atomic E-state index is 0.0673. The van der Waals surface area contributed by atoms with Crippen LogP contribution in [-0.4, -0.2) is 11.5 Å². The van der Waals surface area contributed by atoms with E-state index in [9.17, 15) is 14.5 Å². The summed E-state index contributed by atoms with van der Waals surface area (Å²) in [5.41, 5.74) is 2.48. The van der Waals surface area contributed by atoms with Gasteiger partial charge in [0, 0.05) is 16.2 Å². The number of aryl methyl sites for hydroxylation is 1. The molecular formula is C15H14FIN2O2. The molecule has 6 heteroatoms. The van der Waals surface area contributed by atoms with Crippen molar-refractivity contribution >= 4 is 34.0 Å². The monoisotopic (exact) mass is 400 g/mol. The summed E-state index contributed by atoms with van der Waals surface area (Å²) in [4.78, 5) is 10.6. The minimum atomic E-state index is -0.395. The number of benzene rings is 2. The molecule has 0 amide bonds. The number of hydrogen-bond acceptors (Lipinski definition) is 3. The maximum absolute atomic E-state index is 13.0. The minimum Gasteiger partial charge on any atom is -0.379 e. The van der Waals surface area contributed by atoms with Crippen molar-refractivity contribution in [1.82, 2.24) is 0 Å². The van der Waals surface area contributed by atoms with Gasteiger partial charge >= 0.3 is 0 Å². The quantitative estimate of drug-likeness (QED) is 0.463. The summed E-state index contributed by atoms with van der Waals surface area (Å²) >= 11 is 2.04. The zero-order valence-corrected chi connectivity index (χ0v) is 13.6. The SMILES string of the molecule is Cc1cc(F)ccc1CCNc1ccc(I)cc1[N+](=O)[O-]. The first kappa shape index (κ1) is 15.7. The lowest BCUT2D eigenvalue weighted by molar-refractivity contribution is -0.384. The summed E-state index contributed by atoms with van der Waals surface area (Å²) in [5, 5.41) is 14.1. The lowest BCUT2D eigenvalue weighted by atomic mass is 10.1. The first-order chi connectivity index (χ1) is 9.97. The Morgan fingerprint density at radius 2 is 2.05 bits per heavy atom. The highest BCUT2D eigenvalue weighted by Gasteiger charge is 2.13. The van der Waals surface area contributed by atoms with Crippen LogP contribution >= 0.6 is 22.6 Å². The first-order valence-electron chi connectivity index (χ1n) is 6.40. The van der Waals surface area contributed by atoms with E-state index in [2.05, 4.69) is 5.32 Å². The van der Waals surface area contributed by atoms with Gasteiger partial charge in [-0.25, -0.2) is 4.39 Å². The molecule has 0 saturated heterocycles. The van der Waals surface area contributed by atoms with Crippen LogP contribution in [0.3, 0.4) is 0 Å². The summed E-state index contributed by atoms with van der Waals surface area (Å²) in [6, 6.07) is 9.72. The van der Waals surface area contributed by atoms with Gasteiger partial charge in [0.15, 0.2) is 0 Å². The van der Waals surface area contributed by atoms with Crippen molar-refractivity contribution in [3.05, 3.63) is 67.0 Å². The fourth-order valence-electron chi connectivity index (χ4n) is 2.08. The molecule has 1 N–H and O–H groups in total. The second-order valence-electron chi connectivity index (χ2n) is 4.67. The van der Waals surface area contributed by atoms with E-state index >= 15 is 0 Å². The van der Waals surface area contributed by atoms with Crippen molar-refractivity contribution in [2.45, 2.75) is 13.3 Å². The van der Waals surface area contributed by atoms with Gasteiger partial charge in [0.25, 0.3) is 5.69 Å². The third-order valence-corrected chi connectivity index (χ3v) is 3.84. The van der Waals surface area contributed by atoms with Gasteiger partial charge in [-0.3, -0.25) is 10.1 Å². The largest absolute Gasteiger partial charge is 0.379 e. The third kappa shape index (κ3) is 4.13. The van der Waals surface area contributed by atoms with Gasteiger partial charge in [0.05, 0.1) is 4.92 Å². The van der Waals surface area contributed by atoms with E-state index in [0.717, 1.165) is 14.7 Å².